The second-order valence-electron chi connectivity index (χ2n) is 6.00. The number of aryl methyl sites for hydroxylation is 1. The fourth-order valence-corrected chi connectivity index (χ4v) is 3.96. The van der Waals surface area contributed by atoms with Crippen LogP contribution in [0.2, 0.25) is 0 Å². The molecule has 0 unspecified atom stereocenters. The molecule has 0 bridgehead atoms. The van der Waals surface area contributed by atoms with Crippen LogP contribution in [-0.2, 0) is 19.5 Å². The van der Waals surface area contributed by atoms with Gasteiger partial charge in [0, 0.05) is 53.1 Å². The van der Waals surface area contributed by atoms with Crippen molar-refractivity contribution in [2.75, 3.05) is 6.54 Å². The number of aromatic nitrogens is 2. The highest BCUT2D eigenvalue weighted by atomic mass is 32.1. The molecule has 0 fully saturated rings. The van der Waals surface area contributed by atoms with Gasteiger partial charge in [-0.25, -0.2) is 9.97 Å². The van der Waals surface area contributed by atoms with Gasteiger partial charge in [0.05, 0.1) is 5.69 Å². The maximum absolute atomic E-state index is 4.79. The van der Waals surface area contributed by atoms with Gasteiger partial charge < -0.3 is 0 Å². The van der Waals surface area contributed by atoms with Gasteiger partial charge in [-0.05, 0) is 19.1 Å². The van der Waals surface area contributed by atoms with E-state index in [1.165, 1.54) is 21.0 Å². The lowest BCUT2D eigenvalue weighted by Gasteiger charge is -2.27. The summed E-state index contributed by atoms with van der Waals surface area (Å²) in [6, 6.07) is 14.7. The third-order valence-electron chi connectivity index (χ3n) is 4.22. The molecule has 4 rings (SSSR count). The maximum Gasteiger partial charge on any atom is 0.159 e. The molecule has 23 heavy (non-hydrogen) atoms. The van der Waals surface area contributed by atoms with Gasteiger partial charge >= 0.3 is 0 Å². The van der Waals surface area contributed by atoms with Crippen LogP contribution >= 0.6 is 11.3 Å². The van der Waals surface area contributed by atoms with Crippen molar-refractivity contribution in [3.8, 4) is 11.4 Å². The second kappa shape index (κ2) is 6.22. The summed E-state index contributed by atoms with van der Waals surface area (Å²) in [5, 5.41) is 0. The number of hydrogen-bond donors (Lipinski definition) is 0. The number of nitrogens with zero attached hydrogens (tertiary/aromatic N) is 3. The maximum atomic E-state index is 4.79. The van der Waals surface area contributed by atoms with Crippen molar-refractivity contribution in [1.82, 2.24) is 14.9 Å². The summed E-state index contributed by atoms with van der Waals surface area (Å²) in [7, 11) is 0. The second-order valence-corrected chi connectivity index (χ2v) is 7.38. The van der Waals surface area contributed by atoms with Crippen LogP contribution < -0.4 is 0 Å². The highest BCUT2D eigenvalue weighted by Crippen LogP contribution is 2.24. The Bertz CT molecular complexity index is 810. The molecule has 116 valence electrons. The average Bonchev–Trinajstić information content (AvgIpc) is 3.00. The first kappa shape index (κ1) is 14.5. The molecule has 4 heteroatoms. The van der Waals surface area contributed by atoms with Crippen LogP contribution in [0, 0.1) is 6.92 Å². The van der Waals surface area contributed by atoms with Crippen molar-refractivity contribution in [2.24, 2.45) is 0 Å². The number of thiophene rings is 1. The molecule has 0 radical (unpaired) electrons. The SMILES string of the molecule is Cc1ccc(CN2CCc3nc(-c4ccccc4)ncc3C2)s1. The van der Waals surface area contributed by atoms with Crippen molar-refractivity contribution in [3.05, 3.63) is 69.7 Å². The molecule has 3 nitrogen and oxygen atoms in total. The smallest absolute Gasteiger partial charge is 0.159 e. The van der Waals surface area contributed by atoms with Crippen molar-refractivity contribution in [2.45, 2.75) is 26.4 Å². The van der Waals surface area contributed by atoms with Crippen LogP contribution in [0.25, 0.3) is 11.4 Å². The van der Waals surface area contributed by atoms with Crippen LogP contribution in [-0.4, -0.2) is 21.4 Å². The summed E-state index contributed by atoms with van der Waals surface area (Å²) in [5.74, 6) is 0.840. The molecule has 0 saturated heterocycles. The van der Waals surface area contributed by atoms with E-state index in [0.717, 1.165) is 37.4 Å². The van der Waals surface area contributed by atoms with Crippen molar-refractivity contribution < 1.29 is 0 Å². The third-order valence-corrected chi connectivity index (χ3v) is 5.21. The first-order valence-electron chi connectivity index (χ1n) is 7.96. The summed E-state index contributed by atoms with van der Waals surface area (Å²) in [6.45, 7) is 5.20. The van der Waals surface area contributed by atoms with E-state index in [2.05, 4.69) is 41.1 Å². The Balaban J connectivity index is 1.52. The van der Waals surface area contributed by atoms with E-state index < -0.39 is 0 Å². The minimum Gasteiger partial charge on any atom is -0.293 e. The van der Waals surface area contributed by atoms with Gasteiger partial charge in [0.1, 0.15) is 0 Å². The molecule has 0 atom stereocenters. The predicted octanol–water partition coefficient (Wildman–Crippen LogP) is 4.07. The van der Waals surface area contributed by atoms with Gasteiger partial charge in [-0.2, -0.15) is 0 Å². The lowest BCUT2D eigenvalue weighted by molar-refractivity contribution is 0.245. The van der Waals surface area contributed by atoms with Crippen molar-refractivity contribution >= 4 is 11.3 Å². The van der Waals surface area contributed by atoms with E-state index in [1.807, 2.05) is 35.7 Å². The fraction of sp³-hybridized carbons (Fsp3) is 0.263. The molecule has 0 aliphatic carbocycles. The highest BCUT2D eigenvalue weighted by molar-refractivity contribution is 7.11. The Kier molecular flexibility index (Phi) is 3.93. The molecule has 1 aliphatic rings. The monoisotopic (exact) mass is 321 g/mol. The molecule has 0 amide bonds. The Morgan fingerprint density at radius 2 is 2.00 bits per heavy atom. The molecule has 0 saturated carbocycles. The van der Waals surface area contributed by atoms with Crippen LogP contribution in [0.3, 0.4) is 0 Å². The Labute approximate surface area is 140 Å². The van der Waals surface area contributed by atoms with E-state index in [0.29, 0.717) is 0 Å². The highest BCUT2D eigenvalue weighted by Gasteiger charge is 2.19. The molecular weight excluding hydrogens is 302 g/mol. The zero-order valence-electron chi connectivity index (χ0n) is 13.2. The molecule has 0 spiro atoms. The van der Waals surface area contributed by atoms with E-state index >= 15 is 0 Å². The minimum atomic E-state index is 0.840. The van der Waals surface area contributed by atoms with Crippen molar-refractivity contribution in [3.63, 3.8) is 0 Å². The molecule has 1 aromatic carbocycles. The van der Waals surface area contributed by atoms with E-state index in [9.17, 15) is 0 Å². The summed E-state index contributed by atoms with van der Waals surface area (Å²) >= 11 is 1.89. The largest absolute Gasteiger partial charge is 0.293 e. The van der Waals surface area contributed by atoms with Gasteiger partial charge in [0.15, 0.2) is 5.82 Å². The Morgan fingerprint density at radius 3 is 2.78 bits per heavy atom. The van der Waals surface area contributed by atoms with Gasteiger partial charge in [-0.1, -0.05) is 30.3 Å². The molecule has 3 heterocycles. The standard InChI is InChI=1S/C19H19N3S/c1-14-7-8-17(23-14)13-22-10-9-18-16(12-22)11-20-19(21-18)15-5-3-2-4-6-15/h2-8,11H,9-10,12-13H2,1H3. The normalized spacial score (nSPS) is 14.7. The Hall–Kier alpha value is -2.04. The third kappa shape index (κ3) is 3.19. The van der Waals surface area contributed by atoms with Crippen molar-refractivity contribution in [1.29, 1.82) is 0 Å². The lowest BCUT2D eigenvalue weighted by atomic mass is 10.1. The van der Waals surface area contributed by atoms with Gasteiger partial charge in [0.25, 0.3) is 0 Å². The topological polar surface area (TPSA) is 29.0 Å². The minimum absolute atomic E-state index is 0.840. The van der Waals surface area contributed by atoms with Gasteiger partial charge in [-0.3, -0.25) is 4.90 Å². The fourth-order valence-electron chi connectivity index (χ4n) is 3.03. The first-order valence-corrected chi connectivity index (χ1v) is 8.77. The molecule has 0 N–H and O–H groups in total. The van der Waals surface area contributed by atoms with Gasteiger partial charge in [-0.15, -0.1) is 11.3 Å². The molecule has 3 aromatic rings. The quantitative estimate of drug-likeness (QED) is 0.728. The van der Waals surface area contributed by atoms with Crippen LogP contribution in [0.15, 0.2) is 48.7 Å². The van der Waals surface area contributed by atoms with E-state index in [1.54, 1.807) is 0 Å². The van der Waals surface area contributed by atoms with Crippen LogP contribution in [0.4, 0.5) is 0 Å². The first-order chi connectivity index (χ1) is 11.3. The number of rotatable bonds is 3. The lowest BCUT2D eigenvalue weighted by Crippen LogP contribution is -2.30. The summed E-state index contributed by atoms with van der Waals surface area (Å²) in [5.41, 5.74) is 3.56. The molecular formula is C19H19N3S. The zero-order valence-corrected chi connectivity index (χ0v) is 14.0. The van der Waals surface area contributed by atoms with E-state index in [4.69, 9.17) is 4.98 Å². The Morgan fingerprint density at radius 1 is 1.13 bits per heavy atom. The van der Waals surface area contributed by atoms with Crippen LogP contribution in [0.1, 0.15) is 21.0 Å². The number of benzene rings is 1. The van der Waals surface area contributed by atoms with Crippen LogP contribution in [0.5, 0.6) is 0 Å². The number of fused-ring (bicyclic) bond motifs is 1. The molecule has 1 aliphatic heterocycles. The summed E-state index contributed by atoms with van der Waals surface area (Å²) in [4.78, 5) is 14.7. The zero-order chi connectivity index (χ0) is 15.6. The summed E-state index contributed by atoms with van der Waals surface area (Å²) in [6.07, 6.45) is 3.01. The summed E-state index contributed by atoms with van der Waals surface area (Å²) < 4.78 is 0. The van der Waals surface area contributed by atoms with Gasteiger partial charge in [0.2, 0.25) is 0 Å². The van der Waals surface area contributed by atoms with E-state index in [-0.39, 0.29) is 0 Å². The number of hydrogen-bond acceptors (Lipinski definition) is 4. The predicted molar refractivity (Wildman–Crippen MR) is 94.3 cm³/mol. The average molecular weight is 321 g/mol. The molecule has 2 aromatic heterocycles.